The van der Waals surface area contributed by atoms with E-state index < -0.39 is 0 Å². The molecule has 8 nitrogen and oxygen atoms in total. The third kappa shape index (κ3) is 5.49. The Kier molecular flexibility index (Phi) is 7.09. The number of hydrogen-bond acceptors (Lipinski definition) is 4. The molecule has 0 radical (unpaired) electrons. The molecular weight excluding hydrogens is 500 g/mol. The van der Waals surface area contributed by atoms with Gasteiger partial charge in [0.1, 0.15) is 0 Å². The number of carbonyl (C=O) groups excluding carboxylic acids is 1. The van der Waals surface area contributed by atoms with Crippen molar-refractivity contribution in [3.05, 3.63) is 106 Å². The van der Waals surface area contributed by atoms with Gasteiger partial charge in [-0.2, -0.15) is 5.10 Å². The normalized spacial score (nSPS) is 17.8. The maximum atomic E-state index is 12.9. The van der Waals surface area contributed by atoms with Gasteiger partial charge in [0.25, 0.3) is 11.5 Å². The third-order valence-electron chi connectivity index (χ3n) is 7.96. The minimum Gasteiger partial charge on any atom is -0.354 e. The molecular formula is C32H34N6O2. The topological polar surface area (TPSA) is 98.8 Å². The highest BCUT2D eigenvalue weighted by molar-refractivity contribution is 6.04. The van der Waals surface area contributed by atoms with Crippen LogP contribution in [-0.4, -0.2) is 42.6 Å². The molecule has 8 heteroatoms. The number of rotatable bonds is 7. The Bertz CT molecular complexity index is 1690. The highest BCUT2D eigenvalue weighted by Crippen LogP contribution is 2.28. The smallest absolute Gasteiger partial charge is 0.258 e. The van der Waals surface area contributed by atoms with E-state index in [1.54, 1.807) is 23.1 Å². The van der Waals surface area contributed by atoms with E-state index in [4.69, 9.17) is 0 Å². The van der Waals surface area contributed by atoms with Crippen molar-refractivity contribution in [1.29, 1.82) is 0 Å². The number of H-pyrrole nitrogens is 2. The Morgan fingerprint density at radius 3 is 2.60 bits per heavy atom. The molecule has 0 aliphatic carbocycles. The molecule has 0 bridgehead atoms. The summed E-state index contributed by atoms with van der Waals surface area (Å²) in [6.07, 6.45) is 8.56. The molecule has 6 rings (SSSR count). The maximum Gasteiger partial charge on any atom is 0.258 e. The first kappa shape index (κ1) is 25.8. The van der Waals surface area contributed by atoms with Crippen LogP contribution in [0.15, 0.2) is 84.0 Å². The Labute approximate surface area is 233 Å². The number of benzene rings is 2. The van der Waals surface area contributed by atoms with Crippen LogP contribution in [0.1, 0.15) is 54.6 Å². The molecule has 1 saturated heterocycles. The molecule has 1 fully saturated rings. The van der Waals surface area contributed by atoms with Crippen molar-refractivity contribution in [2.75, 3.05) is 5.32 Å². The summed E-state index contributed by atoms with van der Waals surface area (Å²) in [4.78, 5) is 34.4. The van der Waals surface area contributed by atoms with Gasteiger partial charge in [-0.05, 0) is 62.1 Å². The first-order valence-corrected chi connectivity index (χ1v) is 13.9. The lowest BCUT2D eigenvalue weighted by Crippen LogP contribution is -2.42. The fourth-order valence-corrected chi connectivity index (χ4v) is 5.72. The zero-order valence-corrected chi connectivity index (χ0v) is 22.9. The quantitative estimate of drug-likeness (QED) is 0.246. The number of piperidine rings is 1. The van der Waals surface area contributed by atoms with Gasteiger partial charge >= 0.3 is 0 Å². The Morgan fingerprint density at radius 1 is 1.00 bits per heavy atom. The number of fused-ring (bicyclic) bond motifs is 1. The lowest BCUT2D eigenvalue weighted by atomic mass is 9.96. The molecule has 0 saturated carbocycles. The number of nitrogens with zero attached hydrogens (tertiary/aromatic N) is 3. The summed E-state index contributed by atoms with van der Waals surface area (Å²) in [5, 5.41) is 8.27. The first-order valence-electron chi connectivity index (χ1n) is 13.9. The number of amides is 1. The van der Waals surface area contributed by atoms with Crippen LogP contribution in [0.4, 0.5) is 5.69 Å². The van der Waals surface area contributed by atoms with E-state index >= 15 is 0 Å². The van der Waals surface area contributed by atoms with E-state index in [1.165, 1.54) is 31.0 Å². The number of aromatic amines is 2. The summed E-state index contributed by atoms with van der Waals surface area (Å²) < 4.78 is 1.73. The predicted molar refractivity (Wildman–Crippen MR) is 158 cm³/mol. The summed E-state index contributed by atoms with van der Waals surface area (Å²) >= 11 is 0. The largest absolute Gasteiger partial charge is 0.354 e. The van der Waals surface area contributed by atoms with Crippen molar-refractivity contribution in [3.63, 3.8) is 0 Å². The van der Waals surface area contributed by atoms with Crippen molar-refractivity contribution in [2.24, 2.45) is 0 Å². The van der Waals surface area contributed by atoms with Gasteiger partial charge in [-0.3, -0.25) is 19.2 Å². The van der Waals surface area contributed by atoms with Gasteiger partial charge in [0.2, 0.25) is 0 Å². The van der Waals surface area contributed by atoms with E-state index in [9.17, 15) is 9.59 Å². The number of carbonyl (C=O) groups is 1. The number of aromatic nitrogens is 4. The van der Waals surface area contributed by atoms with Crippen molar-refractivity contribution in [1.82, 2.24) is 24.6 Å². The van der Waals surface area contributed by atoms with Crippen LogP contribution in [0.3, 0.4) is 0 Å². The van der Waals surface area contributed by atoms with E-state index in [-0.39, 0.29) is 11.5 Å². The van der Waals surface area contributed by atoms with Crippen LogP contribution >= 0.6 is 0 Å². The summed E-state index contributed by atoms with van der Waals surface area (Å²) in [5.74, 6) is -0.292. The van der Waals surface area contributed by atoms with Crippen LogP contribution in [0, 0.1) is 0 Å². The average Bonchev–Trinajstić information content (AvgIpc) is 3.59. The van der Waals surface area contributed by atoms with Gasteiger partial charge in [-0.1, -0.05) is 42.8 Å². The van der Waals surface area contributed by atoms with Crippen LogP contribution in [0.5, 0.6) is 0 Å². The summed E-state index contributed by atoms with van der Waals surface area (Å²) in [7, 11) is 0. The molecule has 0 unspecified atom stereocenters. The van der Waals surface area contributed by atoms with Crippen molar-refractivity contribution in [3.8, 4) is 11.3 Å². The lowest BCUT2D eigenvalue weighted by Gasteiger charge is -2.39. The molecule has 2 atom stereocenters. The van der Waals surface area contributed by atoms with Gasteiger partial charge in [0, 0.05) is 41.9 Å². The van der Waals surface area contributed by atoms with E-state index in [0.29, 0.717) is 41.1 Å². The van der Waals surface area contributed by atoms with Gasteiger partial charge in [0.05, 0.1) is 35.2 Å². The standard InChI is InChI=1S/C32H34N6O2/c1-21-7-6-8-22(2)38(21)19-24-11-12-29-25(13-24)14-30(36-29)28-15-27(17-33-32(28)40)35-31(39)26-16-34-37(20-26)18-23-9-4-3-5-10-23/h3-5,9-17,20-22,36H,6-8,18-19H2,1-2H3,(H,33,40)(H,35,39)/t21-,22+. The number of nitrogens with one attached hydrogen (secondary N) is 3. The molecule has 4 heterocycles. The molecule has 40 heavy (non-hydrogen) atoms. The van der Waals surface area contributed by atoms with Crippen LogP contribution in [-0.2, 0) is 13.1 Å². The van der Waals surface area contributed by atoms with Crippen LogP contribution in [0.25, 0.3) is 22.2 Å². The molecule has 1 amide bonds. The van der Waals surface area contributed by atoms with Crippen molar-refractivity contribution < 1.29 is 4.79 Å². The molecule has 1 aliphatic heterocycles. The monoisotopic (exact) mass is 534 g/mol. The Balaban J connectivity index is 1.19. The molecule has 2 aromatic carbocycles. The zero-order chi connectivity index (χ0) is 27.6. The van der Waals surface area contributed by atoms with Gasteiger partial charge in [-0.25, -0.2) is 0 Å². The minimum absolute atomic E-state index is 0.226. The minimum atomic E-state index is -0.292. The summed E-state index contributed by atoms with van der Waals surface area (Å²) in [5.41, 5.74) is 5.23. The second-order valence-corrected chi connectivity index (χ2v) is 10.9. The maximum absolute atomic E-state index is 12.9. The molecule has 204 valence electrons. The highest BCUT2D eigenvalue weighted by atomic mass is 16.1. The molecule has 3 N–H and O–H groups in total. The van der Waals surface area contributed by atoms with E-state index in [2.05, 4.69) is 57.3 Å². The fraction of sp³-hybridized carbons (Fsp3) is 0.281. The second kappa shape index (κ2) is 11.0. The van der Waals surface area contributed by atoms with Crippen LogP contribution < -0.4 is 10.9 Å². The average molecular weight is 535 g/mol. The second-order valence-electron chi connectivity index (χ2n) is 10.9. The summed E-state index contributed by atoms with van der Waals surface area (Å²) in [6, 6.07) is 21.3. The van der Waals surface area contributed by atoms with E-state index in [1.807, 2.05) is 36.4 Å². The third-order valence-corrected chi connectivity index (χ3v) is 7.96. The first-order chi connectivity index (χ1) is 19.4. The van der Waals surface area contributed by atoms with Gasteiger partial charge < -0.3 is 15.3 Å². The summed E-state index contributed by atoms with van der Waals surface area (Å²) in [6.45, 7) is 6.13. The molecule has 5 aromatic rings. The van der Waals surface area contributed by atoms with Gasteiger partial charge in [-0.15, -0.1) is 0 Å². The number of likely N-dealkylation sites (tertiary alicyclic amines) is 1. The SMILES string of the molecule is C[C@@H]1CCC[C@H](C)N1Cc1ccc2[nH]c(-c3cc(NC(=O)c4cnn(Cc5ccccc5)c4)c[nH]c3=O)cc2c1. The lowest BCUT2D eigenvalue weighted by molar-refractivity contribution is 0.0953. The van der Waals surface area contributed by atoms with Crippen LogP contribution in [0.2, 0.25) is 0 Å². The number of hydrogen-bond donors (Lipinski definition) is 3. The fourth-order valence-electron chi connectivity index (χ4n) is 5.72. The Hall–Kier alpha value is -4.43. The zero-order valence-electron chi connectivity index (χ0n) is 22.9. The molecule has 0 spiro atoms. The van der Waals surface area contributed by atoms with E-state index in [0.717, 1.165) is 23.0 Å². The number of pyridine rings is 1. The molecule has 1 aliphatic rings. The molecule has 3 aromatic heterocycles. The predicted octanol–water partition coefficient (Wildman–Crippen LogP) is 5.78. The van der Waals surface area contributed by atoms with Crippen molar-refractivity contribution in [2.45, 2.75) is 58.3 Å². The Morgan fingerprint density at radius 2 is 1.80 bits per heavy atom. The highest BCUT2D eigenvalue weighted by Gasteiger charge is 2.24. The van der Waals surface area contributed by atoms with Crippen molar-refractivity contribution >= 4 is 22.5 Å². The van der Waals surface area contributed by atoms with Gasteiger partial charge in [0.15, 0.2) is 0 Å². The number of anilines is 1.